The highest BCUT2D eigenvalue weighted by molar-refractivity contribution is 5.90. The Kier molecular flexibility index (Phi) is 3.96. The largest absolute Gasteiger partial charge is 0.326 e. The number of aromatic nitrogens is 2. The molecule has 22 heavy (non-hydrogen) atoms. The standard InChI is InChI=1S/C17H15N3O2/c21-16(19-13-6-2-1-3-7-13)10-11-20-12-18-15-9-5-4-8-14(15)17(20)22/h1-9,12H,10-11H2,(H,19,21). The summed E-state index contributed by atoms with van der Waals surface area (Å²) in [6, 6.07) is 16.4. The van der Waals surface area contributed by atoms with Crippen molar-refractivity contribution in [2.24, 2.45) is 0 Å². The van der Waals surface area contributed by atoms with Gasteiger partial charge in [-0.25, -0.2) is 4.98 Å². The summed E-state index contributed by atoms with van der Waals surface area (Å²) in [5, 5.41) is 3.36. The molecule has 0 unspecified atom stereocenters. The molecular weight excluding hydrogens is 278 g/mol. The molecule has 5 nitrogen and oxygen atoms in total. The number of fused-ring (bicyclic) bond motifs is 1. The summed E-state index contributed by atoms with van der Waals surface area (Å²) in [6.45, 7) is 0.301. The highest BCUT2D eigenvalue weighted by atomic mass is 16.1. The maximum absolute atomic E-state index is 12.3. The minimum Gasteiger partial charge on any atom is -0.326 e. The molecule has 0 aliphatic carbocycles. The lowest BCUT2D eigenvalue weighted by Gasteiger charge is -2.07. The summed E-state index contributed by atoms with van der Waals surface area (Å²) in [4.78, 5) is 28.4. The first-order valence-corrected chi connectivity index (χ1v) is 7.03. The first kappa shape index (κ1) is 14.0. The lowest BCUT2D eigenvalue weighted by atomic mass is 10.2. The molecule has 0 radical (unpaired) electrons. The Balaban J connectivity index is 1.70. The predicted molar refractivity (Wildman–Crippen MR) is 85.7 cm³/mol. The summed E-state index contributed by atoms with van der Waals surface area (Å²) in [5.74, 6) is -0.133. The molecule has 0 aliphatic heterocycles. The van der Waals surface area contributed by atoms with Crippen LogP contribution in [-0.4, -0.2) is 15.5 Å². The summed E-state index contributed by atoms with van der Waals surface area (Å²) in [5.41, 5.74) is 1.28. The smallest absolute Gasteiger partial charge is 0.261 e. The van der Waals surface area contributed by atoms with Gasteiger partial charge in [-0.1, -0.05) is 30.3 Å². The third-order valence-corrected chi connectivity index (χ3v) is 3.37. The van der Waals surface area contributed by atoms with E-state index in [1.807, 2.05) is 36.4 Å². The first-order valence-electron chi connectivity index (χ1n) is 7.03. The van der Waals surface area contributed by atoms with E-state index in [1.165, 1.54) is 10.9 Å². The second-order valence-corrected chi connectivity index (χ2v) is 4.92. The van der Waals surface area contributed by atoms with Gasteiger partial charge in [0, 0.05) is 18.7 Å². The number of anilines is 1. The summed E-state index contributed by atoms with van der Waals surface area (Å²) < 4.78 is 1.47. The van der Waals surface area contributed by atoms with Crippen molar-refractivity contribution in [2.75, 3.05) is 5.32 Å². The number of nitrogens with one attached hydrogen (secondary N) is 1. The van der Waals surface area contributed by atoms with Gasteiger partial charge in [-0.05, 0) is 24.3 Å². The molecule has 110 valence electrons. The highest BCUT2D eigenvalue weighted by Gasteiger charge is 2.06. The second-order valence-electron chi connectivity index (χ2n) is 4.92. The number of para-hydroxylation sites is 2. The van der Waals surface area contributed by atoms with Crippen molar-refractivity contribution in [1.82, 2.24) is 9.55 Å². The minimum atomic E-state index is -0.133. The van der Waals surface area contributed by atoms with Crippen LogP contribution in [0.1, 0.15) is 6.42 Å². The van der Waals surface area contributed by atoms with Gasteiger partial charge >= 0.3 is 0 Å². The summed E-state index contributed by atoms with van der Waals surface area (Å²) in [7, 11) is 0. The van der Waals surface area contributed by atoms with E-state index in [2.05, 4.69) is 10.3 Å². The van der Waals surface area contributed by atoms with E-state index in [0.717, 1.165) is 5.69 Å². The monoisotopic (exact) mass is 293 g/mol. The van der Waals surface area contributed by atoms with Crippen molar-refractivity contribution in [3.05, 3.63) is 71.3 Å². The Bertz CT molecular complexity index is 856. The van der Waals surface area contributed by atoms with E-state index >= 15 is 0 Å². The number of benzene rings is 2. The van der Waals surface area contributed by atoms with Crippen molar-refractivity contribution >= 4 is 22.5 Å². The van der Waals surface area contributed by atoms with E-state index in [9.17, 15) is 9.59 Å². The molecule has 0 saturated carbocycles. The molecule has 3 rings (SSSR count). The van der Waals surface area contributed by atoms with Crippen LogP contribution in [0.4, 0.5) is 5.69 Å². The molecule has 1 N–H and O–H groups in total. The van der Waals surface area contributed by atoms with Crippen molar-refractivity contribution in [2.45, 2.75) is 13.0 Å². The molecule has 0 fully saturated rings. The first-order chi connectivity index (χ1) is 10.7. The fourth-order valence-electron chi connectivity index (χ4n) is 2.23. The maximum Gasteiger partial charge on any atom is 0.261 e. The van der Waals surface area contributed by atoms with Crippen LogP contribution in [0.15, 0.2) is 65.7 Å². The lowest BCUT2D eigenvalue weighted by molar-refractivity contribution is -0.116. The van der Waals surface area contributed by atoms with Gasteiger partial charge < -0.3 is 5.32 Å². The minimum absolute atomic E-state index is 0.127. The Morgan fingerprint density at radius 2 is 1.77 bits per heavy atom. The van der Waals surface area contributed by atoms with Gasteiger partial charge in [0.1, 0.15) is 0 Å². The van der Waals surface area contributed by atoms with Gasteiger partial charge in [-0.2, -0.15) is 0 Å². The number of amides is 1. The van der Waals surface area contributed by atoms with Gasteiger partial charge in [0.2, 0.25) is 5.91 Å². The quantitative estimate of drug-likeness (QED) is 0.803. The van der Waals surface area contributed by atoms with Crippen LogP contribution in [0, 0.1) is 0 Å². The number of nitrogens with zero attached hydrogens (tertiary/aromatic N) is 2. The number of rotatable bonds is 4. The maximum atomic E-state index is 12.3. The van der Waals surface area contributed by atoms with Crippen molar-refractivity contribution in [3.63, 3.8) is 0 Å². The number of carbonyl (C=O) groups excluding carboxylic acids is 1. The SMILES string of the molecule is O=C(CCn1cnc2ccccc2c1=O)Nc1ccccc1. The third-order valence-electron chi connectivity index (χ3n) is 3.37. The number of hydrogen-bond acceptors (Lipinski definition) is 3. The Morgan fingerprint density at radius 1 is 1.05 bits per heavy atom. The summed E-state index contributed by atoms with van der Waals surface area (Å²) in [6.07, 6.45) is 1.70. The van der Waals surface area contributed by atoms with Gasteiger partial charge in [0.15, 0.2) is 0 Å². The van der Waals surface area contributed by atoms with Crippen molar-refractivity contribution < 1.29 is 4.79 Å². The zero-order valence-electron chi connectivity index (χ0n) is 11.9. The molecule has 0 atom stereocenters. The van der Waals surface area contributed by atoms with Crippen LogP contribution in [0.25, 0.3) is 10.9 Å². The molecule has 0 bridgehead atoms. The fourth-order valence-corrected chi connectivity index (χ4v) is 2.23. The van der Waals surface area contributed by atoms with Crippen molar-refractivity contribution in [1.29, 1.82) is 0 Å². The second kappa shape index (κ2) is 6.22. The molecule has 5 heteroatoms. The van der Waals surface area contributed by atoms with Gasteiger partial charge in [-0.3, -0.25) is 14.2 Å². The van der Waals surface area contributed by atoms with Gasteiger partial charge in [-0.15, -0.1) is 0 Å². The van der Waals surface area contributed by atoms with Crippen LogP contribution in [-0.2, 0) is 11.3 Å². The van der Waals surface area contributed by atoms with Crippen LogP contribution in [0.3, 0.4) is 0 Å². The molecule has 2 aromatic carbocycles. The van der Waals surface area contributed by atoms with Crippen LogP contribution in [0.5, 0.6) is 0 Å². The van der Waals surface area contributed by atoms with Crippen LogP contribution >= 0.6 is 0 Å². The summed E-state index contributed by atoms with van der Waals surface area (Å²) >= 11 is 0. The van der Waals surface area contributed by atoms with E-state index in [1.54, 1.807) is 18.2 Å². The van der Waals surface area contributed by atoms with Crippen molar-refractivity contribution in [3.8, 4) is 0 Å². The average molecular weight is 293 g/mol. The zero-order chi connectivity index (χ0) is 15.4. The fraction of sp³-hybridized carbons (Fsp3) is 0.118. The number of hydrogen-bond donors (Lipinski definition) is 1. The van der Waals surface area contributed by atoms with Gasteiger partial charge in [0.25, 0.3) is 5.56 Å². The molecule has 3 aromatic rings. The van der Waals surface area contributed by atoms with Crippen LogP contribution < -0.4 is 10.9 Å². The Labute approximate surface area is 127 Å². The lowest BCUT2D eigenvalue weighted by Crippen LogP contribution is -2.23. The third kappa shape index (κ3) is 3.03. The Hall–Kier alpha value is -2.95. The number of carbonyl (C=O) groups is 1. The molecule has 0 spiro atoms. The average Bonchev–Trinajstić information content (AvgIpc) is 2.55. The van der Waals surface area contributed by atoms with E-state index in [-0.39, 0.29) is 17.9 Å². The number of aryl methyl sites for hydroxylation is 1. The van der Waals surface area contributed by atoms with Crippen LogP contribution in [0.2, 0.25) is 0 Å². The molecule has 1 heterocycles. The normalized spacial score (nSPS) is 10.5. The molecule has 0 aliphatic rings. The topological polar surface area (TPSA) is 64.0 Å². The van der Waals surface area contributed by atoms with Gasteiger partial charge in [0.05, 0.1) is 17.2 Å². The molecular formula is C17H15N3O2. The van der Waals surface area contributed by atoms with E-state index < -0.39 is 0 Å². The molecule has 1 aromatic heterocycles. The van der Waals surface area contributed by atoms with E-state index in [0.29, 0.717) is 17.4 Å². The predicted octanol–water partition coefficient (Wildman–Crippen LogP) is 2.43. The Morgan fingerprint density at radius 3 is 2.59 bits per heavy atom. The zero-order valence-corrected chi connectivity index (χ0v) is 11.9. The highest BCUT2D eigenvalue weighted by Crippen LogP contribution is 2.07. The van der Waals surface area contributed by atoms with E-state index in [4.69, 9.17) is 0 Å². The molecule has 0 saturated heterocycles. The molecule has 1 amide bonds.